The van der Waals surface area contributed by atoms with Gasteiger partial charge in [-0.2, -0.15) is 0 Å². The highest BCUT2D eigenvalue weighted by Gasteiger charge is 2.52. The van der Waals surface area contributed by atoms with Crippen LogP contribution < -0.4 is 15.8 Å². The summed E-state index contributed by atoms with van der Waals surface area (Å²) in [4.78, 5) is 2.28. The van der Waals surface area contributed by atoms with Gasteiger partial charge in [0.1, 0.15) is 0 Å². The molecule has 0 spiro atoms. The maximum absolute atomic E-state index is 6.36. The number of fused-ring (bicyclic) bond motifs is 3. The average molecular weight is 676 g/mol. The summed E-state index contributed by atoms with van der Waals surface area (Å²) in [6, 6.07) is 41.2. The van der Waals surface area contributed by atoms with E-state index in [9.17, 15) is 0 Å². The summed E-state index contributed by atoms with van der Waals surface area (Å²) in [7, 11) is 1.30. The maximum Gasteiger partial charge on any atom is 0.494 e. The molecule has 0 N–H and O–H groups in total. The first-order chi connectivity index (χ1) is 24.1. The number of nitrogens with zero attached hydrogens (tertiary/aromatic N) is 2. The molecule has 0 bridgehead atoms. The van der Waals surface area contributed by atoms with Crippen LogP contribution in [0.5, 0.6) is 0 Å². The third-order valence-electron chi connectivity index (χ3n) is 11.7. The van der Waals surface area contributed by atoms with Gasteiger partial charge in [0.05, 0.1) is 22.4 Å². The first kappa shape index (κ1) is 33.8. The summed E-state index contributed by atoms with van der Waals surface area (Å²) < 4.78 is 27.7. The van der Waals surface area contributed by atoms with Crippen molar-refractivity contribution in [1.29, 1.82) is 0 Å². The van der Waals surface area contributed by atoms with Crippen LogP contribution in [0.4, 0.5) is 17.1 Å². The van der Waals surface area contributed by atoms with Gasteiger partial charge in [-0.25, -0.2) is 0 Å². The zero-order chi connectivity index (χ0) is 35.9. The van der Waals surface area contributed by atoms with Crippen LogP contribution in [0.3, 0.4) is 0 Å². The van der Waals surface area contributed by atoms with Gasteiger partial charge < -0.3 is 28.1 Å². The standard InChI is InChI=1S/C43H46B2N2O4/c1-40(2)41(3,4)49-44(48-40)31-17-23-34(24-18-31)47(35-25-19-32(20-26-35)45-50-42(5,6)43(7,8)51-45)33-21-14-29(15-22-33)30-16-27-37-36-12-10-11-13-38(36)46(9)39(37)28-30/h10-28H,1-9H3. The van der Waals surface area contributed by atoms with E-state index in [4.69, 9.17) is 18.6 Å². The first-order valence-electron chi connectivity index (χ1n) is 17.9. The van der Waals surface area contributed by atoms with Gasteiger partial charge in [-0.05, 0) is 126 Å². The van der Waals surface area contributed by atoms with E-state index in [2.05, 4.69) is 187 Å². The highest BCUT2D eigenvalue weighted by molar-refractivity contribution is 6.62. The number of rotatable bonds is 6. The lowest BCUT2D eigenvalue weighted by atomic mass is 9.79. The second-order valence-corrected chi connectivity index (χ2v) is 16.0. The summed E-state index contributed by atoms with van der Waals surface area (Å²) in [5, 5.41) is 2.55. The number of anilines is 3. The van der Waals surface area contributed by atoms with Crippen molar-refractivity contribution in [3.8, 4) is 11.1 Å². The fraction of sp³-hybridized carbons (Fsp3) is 0.302. The zero-order valence-corrected chi connectivity index (χ0v) is 31.2. The molecule has 2 saturated heterocycles. The van der Waals surface area contributed by atoms with Crippen molar-refractivity contribution in [3.63, 3.8) is 0 Å². The van der Waals surface area contributed by atoms with Gasteiger partial charge in [-0.1, -0.05) is 66.7 Å². The Morgan fingerprint density at radius 2 is 0.843 bits per heavy atom. The molecule has 0 saturated carbocycles. The fourth-order valence-corrected chi connectivity index (χ4v) is 7.11. The lowest BCUT2D eigenvalue weighted by Gasteiger charge is -2.32. The molecule has 0 radical (unpaired) electrons. The Bertz CT molecular complexity index is 2130. The Hall–Kier alpha value is -4.33. The Balaban J connectivity index is 1.14. The predicted octanol–water partition coefficient (Wildman–Crippen LogP) is 9.07. The lowest BCUT2D eigenvalue weighted by molar-refractivity contribution is 0.00578. The summed E-state index contributed by atoms with van der Waals surface area (Å²) in [6.07, 6.45) is 0. The molecule has 0 aliphatic carbocycles. The lowest BCUT2D eigenvalue weighted by Crippen LogP contribution is -2.41. The topological polar surface area (TPSA) is 45.1 Å². The molecule has 8 heteroatoms. The van der Waals surface area contributed by atoms with Crippen molar-refractivity contribution in [2.24, 2.45) is 7.05 Å². The van der Waals surface area contributed by atoms with E-state index in [-0.39, 0.29) is 0 Å². The maximum atomic E-state index is 6.36. The molecule has 258 valence electrons. The van der Waals surface area contributed by atoms with E-state index < -0.39 is 36.6 Å². The largest absolute Gasteiger partial charge is 0.494 e. The molecule has 2 aliphatic rings. The molecule has 8 rings (SSSR count). The number of aromatic nitrogens is 1. The minimum atomic E-state index is -0.421. The second-order valence-electron chi connectivity index (χ2n) is 16.0. The van der Waals surface area contributed by atoms with Gasteiger partial charge >= 0.3 is 14.2 Å². The van der Waals surface area contributed by atoms with Crippen LogP contribution >= 0.6 is 0 Å². The number of para-hydroxylation sites is 1. The van der Waals surface area contributed by atoms with Gasteiger partial charge in [-0.15, -0.1) is 0 Å². The molecule has 6 nitrogen and oxygen atoms in total. The van der Waals surface area contributed by atoms with Gasteiger partial charge in [0.15, 0.2) is 0 Å². The SMILES string of the molecule is Cn1c2ccccc2c2ccc(-c3ccc(N(c4ccc(B5OC(C)(C)C(C)(C)O5)cc4)c4ccc(B5OC(C)(C)C(C)(C)O5)cc4)cc3)cc21. The number of benzene rings is 5. The van der Waals surface area contributed by atoms with Crippen LogP contribution in [0.25, 0.3) is 32.9 Å². The zero-order valence-electron chi connectivity index (χ0n) is 31.2. The molecular weight excluding hydrogens is 630 g/mol. The Kier molecular flexibility index (Phi) is 7.86. The Morgan fingerprint density at radius 3 is 1.31 bits per heavy atom. The second kappa shape index (κ2) is 11.9. The molecule has 2 aliphatic heterocycles. The smallest absolute Gasteiger partial charge is 0.399 e. The molecule has 2 fully saturated rings. The van der Waals surface area contributed by atoms with Gasteiger partial charge in [-0.3, -0.25) is 0 Å². The Morgan fingerprint density at radius 1 is 0.451 bits per heavy atom. The molecule has 5 aromatic carbocycles. The van der Waals surface area contributed by atoms with Crippen LogP contribution in [-0.4, -0.2) is 41.2 Å². The monoisotopic (exact) mass is 676 g/mol. The third-order valence-corrected chi connectivity index (χ3v) is 11.7. The number of hydrogen-bond acceptors (Lipinski definition) is 5. The molecular formula is C43H46B2N2O4. The van der Waals surface area contributed by atoms with Crippen molar-refractivity contribution >= 4 is 64.0 Å². The van der Waals surface area contributed by atoms with Gasteiger partial charge in [0.2, 0.25) is 0 Å². The van der Waals surface area contributed by atoms with E-state index in [1.165, 1.54) is 27.4 Å². The molecule has 0 atom stereocenters. The van der Waals surface area contributed by atoms with Crippen LogP contribution in [0.1, 0.15) is 55.4 Å². The van der Waals surface area contributed by atoms with Crippen molar-refractivity contribution in [2.75, 3.05) is 4.90 Å². The van der Waals surface area contributed by atoms with Crippen LogP contribution in [0.15, 0.2) is 115 Å². The van der Waals surface area contributed by atoms with E-state index in [0.717, 1.165) is 33.6 Å². The highest BCUT2D eigenvalue weighted by atomic mass is 16.7. The van der Waals surface area contributed by atoms with E-state index in [1.54, 1.807) is 0 Å². The fourth-order valence-electron chi connectivity index (χ4n) is 7.11. The molecule has 0 amide bonds. The van der Waals surface area contributed by atoms with Crippen LogP contribution in [0, 0.1) is 0 Å². The van der Waals surface area contributed by atoms with Crippen LogP contribution in [-0.2, 0) is 25.7 Å². The normalized spacial score (nSPS) is 18.9. The molecule has 51 heavy (non-hydrogen) atoms. The van der Waals surface area contributed by atoms with E-state index >= 15 is 0 Å². The quantitative estimate of drug-likeness (QED) is 0.165. The van der Waals surface area contributed by atoms with Crippen molar-refractivity contribution < 1.29 is 18.6 Å². The highest BCUT2D eigenvalue weighted by Crippen LogP contribution is 2.40. The third kappa shape index (κ3) is 5.69. The van der Waals surface area contributed by atoms with Gasteiger partial charge in [0, 0.05) is 45.9 Å². The van der Waals surface area contributed by atoms with E-state index in [1.807, 2.05) is 0 Å². The average Bonchev–Trinajstić information content (AvgIpc) is 3.61. The molecule has 0 unspecified atom stereocenters. The predicted molar refractivity (Wildman–Crippen MR) is 212 cm³/mol. The van der Waals surface area contributed by atoms with Crippen molar-refractivity contribution in [1.82, 2.24) is 4.57 Å². The summed E-state index contributed by atoms with van der Waals surface area (Å²) >= 11 is 0. The van der Waals surface area contributed by atoms with Crippen molar-refractivity contribution in [3.05, 3.63) is 115 Å². The minimum absolute atomic E-state index is 0.402. The van der Waals surface area contributed by atoms with E-state index in [0.29, 0.717) is 0 Å². The van der Waals surface area contributed by atoms with Gasteiger partial charge in [0.25, 0.3) is 0 Å². The summed E-state index contributed by atoms with van der Waals surface area (Å²) in [5.41, 5.74) is 8.31. The molecule has 3 heterocycles. The first-order valence-corrected chi connectivity index (χ1v) is 17.9. The Labute approximate surface area is 302 Å². The minimum Gasteiger partial charge on any atom is -0.399 e. The number of aryl methyl sites for hydroxylation is 1. The van der Waals surface area contributed by atoms with Crippen LogP contribution in [0.2, 0.25) is 0 Å². The summed E-state index contributed by atoms with van der Waals surface area (Å²) in [6.45, 7) is 16.7. The number of hydrogen-bond donors (Lipinski definition) is 0. The molecule has 1 aromatic heterocycles. The van der Waals surface area contributed by atoms with Crippen molar-refractivity contribution in [2.45, 2.75) is 77.8 Å². The summed E-state index contributed by atoms with van der Waals surface area (Å²) in [5.74, 6) is 0. The molecule has 6 aromatic rings.